The van der Waals surface area contributed by atoms with Gasteiger partial charge in [-0.2, -0.15) is 0 Å². The van der Waals surface area contributed by atoms with Gasteiger partial charge in [-0.05, 0) is 87.2 Å². The highest BCUT2D eigenvalue weighted by Gasteiger charge is 2.50. The number of aromatic nitrogens is 2. The lowest BCUT2D eigenvalue weighted by Crippen LogP contribution is -2.51. The van der Waals surface area contributed by atoms with Crippen molar-refractivity contribution in [1.29, 1.82) is 0 Å². The van der Waals surface area contributed by atoms with Crippen LogP contribution in [-0.4, -0.2) is 34.4 Å². The van der Waals surface area contributed by atoms with Crippen molar-refractivity contribution >= 4 is 17.5 Å². The third-order valence-electron chi connectivity index (χ3n) is 8.31. The van der Waals surface area contributed by atoms with Gasteiger partial charge >= 0.3 is 5.97 Å². The molecule has 4 bridgehead atoms. The van der Waals surface area contributed by atoms with Gasteiger partial charge in [0.2, 0.25) is 0 Å². The van der Waals surface area contributed by atoms with Crippen LogP contribution in [0.3, 0.4) is 0 Å². The zero-order valence-electron chi connectivity index (χ0n) is 20.0. The third kappa shape index (κ3) is 4.41. The number of amides is 1. The predicted octanol–water partition coefficient (Wildman–Crippen LogP) is 5.12. The van der Waals surface area contributed by atoms with Crippen molar-refractivity contribution in [2.75, 3.05) is 13.2 Å². The lowest BCUT2D eigenvalue weighted by molar-refractivity contribution is -0.145. The van der Waals surface area contributed by atoms with Gasteiger partial charge in [-0.25, -0.2) is 4.98 Å². The monoisotopic (exact) mass is 451 g/mol. The number of ether oxygens (including phenoxy) is 1. The summed E-state index contributed by atoms with van der Waals surface area (Å²) < 4.78 is 7.15. The van der Waals surface area contributed by atoms with Crippen LogP contribution >= 0.6 is 0 Å². The first kappa shape index (κ1) is 22.4. The minimum absolute atomic E-state index is 0.0541. The summed E-state index contributed by atoms with van der Waals surface area (Å²) >= 11 is 0. The molecule has 0 radical (unpaired) electrons. The molecular weight excluding hydrogens is 414 g/mol. The summed E-state index contributed by atoms with van der Waals surface area (Å²) in [5.74, 6) is 1.93. The lowest BCUT2D eigenvalue weighted by Gasteiger charge is -2.56. The van der Waals surface area contributed by atoms with Gasteiger partial charge in [0.05, 0.1) is 12.3 Å². The van der Waals surface area contributed by atoms with Gasteiger partial charge < -0.3 is 10.1 Å². The van der Waals surface area contributed by atoms with Gasteiger partial charge in [0.1, 0.15) is 17.3 Å². The smallest absolute Gasteiger partial charge is 0.315 e. The van der Waals surface area contributed by atoms with E-state index in [0.717, 1.165) is 37.1 Å². The van der Waals surface area contributed by atoms with Crippen LogP contribution in [0, 0.1) is 23.2 Å². The van der Waals surface area contributed by atoms with E-state index in [0.29, 0.717) is 35.5 Å². The van der Waals surface area contributed by atoms with Crippen molar-refractivity contribution in [2.24, 2.45) is 23.2 Å². The Morgan fingerprint density at radius 2 is 1.85 bits per heavy atom. The summed E-state index contributed by atoms with van der Waals surface area (Å²) in [4.78, 5) is 30.6. The fourth-order valence-corrected chi connectivity index (χ4v) is 7.28. The number of rotatable bonds is 9. The highest BCUT2D eigenvalue weighted by atomic mass is 16.5. The maximum absolute atomic E-state index is 13.3. The van der Waals surface area contributed by atoms with Gasteiger partial charge in [0.25, 0.3) is 5.91 Å². The number of unbranched alkanes of at least 4 members (excludes halogenated alkanes) is 1. The quantitative estimate of drug-likeness (QED) is 0.537. The molecule has 6 rings (SSSR count). The van der Waals surface area contributed by atoms with E-state index < -0.39 is 5.92 Å². The van der Waals surface area contributed by atoms with E-state index in [1.54, 1.807) is 0 Å². The normalized spacial score (nSPS) is 28.7. The Labute approximate surface area is 196 Å². The van der Waals surface area contributed by atoms with E-state index in [-0.39, 0.29) is 11.9 Å². The molecule has 1 N–H and O–H groups in total. The Kier molecular flexibility index (Phi) is 6.19. The van der Waals surface area contributed by atoms with Crippen molar-refractivity contribution in [3.63, 3.8) is 0 Å². The zero-order valence-corrected chi connectivity index (χ0v) is 20.0. The highest BCUT2D eigenvalue weighted by Crippen LogP contribution is 2.59. The van der Waals surface area contributed by atoms with Gasteiger partial charge in [-0.3, -0.25) is 14.0 Å². The second kappa shape index (κ2) is 9.11. The molecule has 6 nitrogen and oxygen atoms in total. The summed E-state index contributed by atoms with van der Waals surface area (Å²) in [5, 5.41) is 3.28. The first-order valence-electron chi connectivity index (χ1n) is 12.9. The summed E-state index contributed by atoms with van der Waals surface area (Å²) in [6.45, 7) is 5.06. The number of pyridine rings is 1. The average molecular weight is 452 g/mol. The number of hydrogen-bond acceptors (Lipinski definition) is 4. The van der Waals surface area contributed by atoms with Crippen LogP contribution in [0.4, 0.5) is 0 Å². The van der Waals surface area contributed by atoms with Crippen LogP contribution in [0.25, 0.3) is 5.65 Å². The van der Waals surface area contributed by atoms with Gasteiger partial charge in [-0.15, -0.1) is 0 Å². The maximum atomic E-state index is 13.3. The first-order chi connectivity index (χ1) is 16.0. The summed E-state index contributed by atoms with van der Waals surface area (Å²) in [5.41, 5.74) is 2.25. The predicted molar refractivity (Wildman–Crippen MR) is 127 cm³/mol. The molecule has 0 aromatic carbocycles. The van der Waals surface area contributed by atoms with Crippen molar-refractivity contribution in [2.45, 2.75) is 77.6 Å². The van der Waals surface area contributed by atoms with Crippen LogP contribution in [0.5, 0.6) is 0 Å². The van der Waals surface area contributed by atoms with Crippen LogP contribution < -0.4 is 5.32 Å². The largest absolute Gasteiger partial charge is 0.465 e. The van der Waals surface area contributed by atoms with Crippen LogP contribution in [0.15, 0.2) is 24.4 Å². The molecule has 1 unspecified atom stereocenters. The fraction of sp³-hybridized carbons (Fsp3) is 0.667. The molecule has 178 valence electrons. The molecule has 33 heavy (non-hydrogen) atoms. The molecule has 4 aliphatic carbocycles. The van der Waals surface area contributed by atoms with Crippen molar-refractivity contribution in [1.82, 2.24) is 14.7 Å². The highest BCUT2D eigenvalue weighted by molar-refractivity contribution is 5.93. The molecule has 0 spiro atoms. The molecule has 1 amide bonds. The third-order valence-corrected chi connectivity index (χ3v) is 8.31. The Bertz CT molecular complexity index is 992. The van der Waals surface area contributed by atoms with Crippen LogP contribution in [-0.2, 0) is 9.53 Å². The number of carbonyl (C=O) groups is 2. The van der Waals surface area contributed by atoms with Crippen molar-refractivity contribution < 1.29 is 14.3 Å². The summed E-state index contributed by atoms with van der Waals surface area (Å²) in [6, 6.07) is 5.61. The minimum Gasteiger partial charge on any atom is -0.465 e. The minimum atomic E-state index is -0.396. The average Bonchev–Trinajstić information content (AvgIpc) is 3.21. The number of carbonyl (C=O) groups excluding carboxylic acids is 2. The molecule has 4 saturated carbocycles. The zero-order chi connectivity index (χ0) is 23.0. The van der Waals surface area contributed by atoms with Crippen LogP contribution in [0.2, 0.25) is 0 Å². The molecule has 4 aliphatic rings. The Morgan fingerprint density at radius 3 is 2.48 bits per heavy atom. The summed E-state index contributed by atoms with van der Waals surface area (Å²) in [6.07, 6.45) is 12.5. The Balaban J connectivity index is 1.34. The Morgan fingerprint density at radius 1 is 1.15 bits per heavy atom. The molecule has 2 aromatic heterocycles. The number of nitrogens with zero attached hydrogens (tertiary/aromatic N) is 2. The SMILES string of the molecule is CCCCC(C(=O)OCC)c1cn2c(C(=O)NCC34CC5CC(CC(C5)C3)C4)cccc2n1. The van der Waals surface area contributed by atoms with E-state index in [9.17, 15) is 9.59 Å². The molecule has 1 atom stereocenters. The number of nitrogens with one attached hydrogen (secondary N) is 1. The van der Waals surface area contributed by atoms with Gasteiger partial charge in [-0.1, -0.05) is 25.8 Å². The number of imidazole rings is 1. The first-order valence-corrected chi connectivity index (χ1v) is 12.9. The molecule has 2 aromatic rings. The number of esters is 1. The van der Waals surface area contributed by atoms with Crippen molar-refractivity contribution in [3.05, 3.63) is 35.8 Å². The van der Waals surface area contributed by atoms with E-state index in [1.165, 1.54) is 38.5 Å². The lowest BCUT2D eigenvalue weighted by atomic mass is 9.49. The van der Waals surface area contributed by atoms with E-state index in [1.807, 2.05) is 35.7 Å². The standard InChI is InChI=1S/C27H37N3O3/c1-3-5-7-21(26(32)33-4-2)22-16-30-23(8-6-9-24(30)29-22)25(31)28-17-27-13-18-10-19(14-27)12-20(11-18)15-27/h6,8-9,16,18-21H,3-5,7,10-15,17H2,1-2H3,(H,28,31). The molecular formula is C27H37N3O3. The molecule has 0 aliphatic heterocycles. The van der Waals surface area contributed by atoms with Crippen molar-refractivity contribution in [3.8, 4) is 0 Å². The molecule has 0 saturated heterocycles. The molecule has 2 heterocycles. The molecule has 6 heteroatoms. The maximum Gasteiger partial charge on any atom is 0.315 e. The second-order valence-corrected chi connectivity index (χ2v) is 10.9. The van der Waals surface area contributed by atoms with Gasteiger partial charge in [0, 0.05) is 12.7 Å². The Hall–Kier alpha value is -2.37. The number of hydrogen-bond donors (Lipinski definition) is 1. The van der Waals surface area contributed by atoms with E-state index in [4.69, 9.17) is 9.72 Å². The van der Waals surface area contributed by atoms with E-state index >= 15 is 0 Å². The fourth-order valence-electron chi connectivity index (χ4n) is 7.28. The number of fused-ring (bicyclic) bond motifs is 1. The second-order valence-electron chi connectivity index (χ2n) is 10.9. The summed E-state index contributed by atoms with van der Waals surface area (Å²) in [7, 11) is 0. The van der Waals surface area contributed by atoms with E-state index in [2.05, 4.69) is 12.2 Å². The van der Waals surface area contributed by atoms with Crippen LogP contribution in [0.1, 0.15) is 93.7 Å². The topological polar surface area (TPSA) is 72.7 Å². The molecule has 4 fully saturated rings. The van der Waals surface area contributed by atoms with Gasteiger partial charge in [0.15, 0.2) is 0 Å².